The number of rotatable bonds is 4. The molecule has 2 amide bonds. The molecule has 0 N–H and O–H groups in total. The Morgan fingerprint density at radius 3 is 2.04 bits per heavy atom. The first-order valence-electron chi connectivity index (χ1n) is 8.56. The van der Waals surface area contributed by atoms with Crippen molar-refractivity contribution in [2.24, 2.45) is 0 Å². The Balaban J connectivity index is 1.92. The summed E-state index contributed by atoms with van der Waals surface area (Å²) in [6, 6.07) is 7.86. The fourth-order valence-corrected chi connectivity index (χ4v) is 2.96. The van der Waals surface area contributed by atoms with Gasteiger partial charge in [-0.1, -0.05) is 32.9 Å². The Kier molecular flexibility index (Phi) is 6.27. The fraction of sp³-hybridized carbons (Fsp3) is 0.579. The van der Waals surface area contributed by atoms with E-state index < -0.39 is 0 Å². The van der Waals surface area contributed by atoms with E-state index in [1.807, 2.05) is 34.1 Å². The van der Waals surface area contributed by atoms with Crippen LogP contribution in [-0.4, -0.2) is 53.7 Å². The third kappa shape index (κ3) is 4.73. The molecule has 0 bridgehead atoms. The molecule has 0 radical (unpaired) electrons. The molecule has 1 aromatic rings. The normalized spacial score (nSPS) is 15.5. The highest BCUT2D eigenvalue weighted by Gasteiger charge is 2.24. The van der Waals surface area contributed by atoms with Gasteiger partial charge in [0, 0.05) is 44.0 Å². The average Bonchev–Trinajstić information content (AvgIpc) is 2.58. The highest BCUT2D eigenvalue weighted by molar-refractivity contribution is 6.17. The summed E-state index contributed by atoms with van der Waals surface area (Å²) in [4.78, 5) is 28.3. The van der Waals surface area contributed by atoms with Crippen molar-refractivity contribution >= 4 is 23.4 Å². The van der Waals surface area contributed by atoms with Gasteiger partial charge in [-0.15, -0.1) is 11.6 Å². The lowest BCUT2D eigenvalue weighted by Crippen LogP contribution is -2.50. The maximum absolute atomic E-state index is 12.6. The van der Waals surface area contributed by atoms with Crippen molar-refractivity contribution < 1.29 is 9.59 Å². The largest absolute Gasteiger partial charge is 0.339 e. The molecule has 1 aliphatic rings. The van der Waals surface area contributed by atoms with Crippen LogP contribution in [0, 0.1) is 0 Å². The SMILES string of the molecule is CC(C)(C)c1ccc(C(=O)N2CCN(C(=O)CCCCl)CC2)cc1. The summed E-state index contributed by atoms with van der Waals surface area (Å²) in [6.45, 7) is 8.86. The number of benzene rings is 1. The molecule has 0 saturated carbocycles. The van der Waals surface area contributed by atoms with Crippen LogP contribution in [0.5, 0.6) is 0 Å². The monoisotopic (exact) mass is 350 g/mol. The lowest BCUT2D eigenvalue weighted by atomic mass is 9.86. The van der Waals surface area contributed by atoms with Gasteiger partial charge in [0.2, 0.25) is 5.91 Å². The molecule has 1 aliphatic heterocycles. The van der Waals surface area contributed by atoms with E-state index >= 15 is 0 Å². The Hall–Kier alpha value is -1.55. The fourth-order valence-electron chi connectivity index (χ4n) is 2.83. The van der Waals surface area contributed by atoms with E-state index in [-0.39, 0.29) is 17.2 Å². The standard InChI is InChI=1S/C19H27ClN2O2/c1-19(2,3)16-8-6-15(7-9-16)18(24)22-13-11-21(12-14-22)17(23)5-4-10-20/h6-9H,4-5,10-14H2,1-3H3. The highest BCUT2D eigenvalue weighted by Crippen LogP contribution is 2.22. The second-order valence-corrected chi connectivity index (χ2v) is 7.67. The molecule has 0 aromatic heterocycles. The Morgan fingerprint density at radius 1 is 1.00 bits per heavy atom. The van der Waals surface area contributed by atoms with E-state index in [1.165, 1.54) is 5.56 Å². The molecule has 2 rings (SSSR count). The maximum Gasteiger partial charge on any atom is 0.253 e. The first-order valence-corrected chi connectivity index (χ1v) is 9.10. The Bertz CT molecular complexity index is 570. The van der Waals surface area contributed by atoms with Crippen LogP contribution < -0.4 is 0 Å². The molecule has 0 atom stereocenters. The van der Waals surface area contributed by atoms with E-state index in [0.717, 1.165) is 0 Å². The van der Waals surface area contributed by atoms with Crippen LogP contribution in [0.25, 0.3) is 0 Å². The van der Waals surface area contributed by atoms with Crippen molar-refractivity contribution in [1.29, 1.82) is 0 Å². The smallest absolute Gasteiger partial charge is 0.253 e. The van der Waals surface area contributed by atoms with Crippen LogP contribution in [0.15, 0.2) is 24.3 Å². The molecule has 4 nitrogen and oxygen atoms in total. The third-order valence-electron chi connectivity index (χ3n) is 4.44. The predicted molar refractivity (Wildman–Crippen MR) is 97.6 cm³/mol. The number of alkyl halides is 1. The van der Waals surface area contributed by atoms with Crippen molar-refractivity contribution in [2.75, 3.05) is 32.1 Å². The number of carbonyl (C=O) groups is 2. The number of carbonyl (C=O) groups excluding carboxylic acids is 2. The average molecular weight is 351 g/mol. The minimum Gasteiger partial charge on any atom is -0.339 e. The summed E-state index contributed by atoms with van der Waals surface area (Å²) in [7, 11) is 0. The highest BCUT2D eigenvalue weighted by atomic mass is 35.5. The topological polar surface area (TPSA) is 40.6 Å². The summed E-state index contributed by atoms with van der Waals surface area (Å²) in [5, 5.41) is 0. The Morgan fingerprint density at radius 2 is 1.54 bits per heavy atom. The molecule has 1 heterocycles. The minimum absolute atomic E-state index is 0.0447. The molecule has 132 valence electrons. The van der Waals surface area contributed by atoms with Crippen LogP contribution in [0.1, 0.15) is 49.5 Å². The van der Waals surface area contributed by atoms with Gasteiger partial charge in [0.25, 0.3) is 5.91 Å². The molecular weight excluding hydrogens is 324 g/mol. The summed E-state index contributed by atoms with van der Waals surface area (Å²) in [5.41, 5.74) is 2.01. The van der Waals surface area contributed by atoms with Crippen molar-refractivity contribution in [1.82, 2.24) is 9.80 Å². The number of amides is 2. The molecule has 0 spiro atoms. The van der Waals surface area contributed by atoms with Crippen LogP contribution in [0.2, 0.25) is 0 Å². The second-order valence-electron chi connectivity index (χ2n) is 7.29. The lowest BCUT2D eigenvalue weighted by molar-refractivity contribution is -0.132. The van der Waals surface area contributed by atoms with Gasteiger partial charge in [-0.2, -0.15) is 0 Å². The summed E-state index contributed by atoms with van der Waals surface area (Å²) >= 11 is 5.63. The van der Waals surface area contributed by atoms with Crippen molar-refractivity contribution in [3.05, 3.63) is 35.4 Å². The summed E-state index contributed by atoms with van der Waals surface area (Å²) < 4.78 is 0. The van der Waals surface area contributed by atoms with Gasteiger partial charge in [-0.25, -0.2) is 0 Å². The van der Waals surface area contributed by atoms with Crippen LogP contribution in [0.3, 0.4) is 0 Å². The number of hydrogen-bond acceptors (Lipinski definition) is 2. The molecular formula is C19H27ClN2O2. The first kappa shape index (κ1) is 18.8. The summed E-state index contributed by atoms with van der Waals surface area (Å²) in [5.74, 6) is 0.690. The van der Waals surface area contributed by atoms with Gasteiger partial charge in [-0.05, 0) is 29.5 Å². The predicted octanol–water partition coefficient (Wildman–Crippen LogP) is 3.29. The molecule has 1 saturated heterocycles. The van der Waals surface area contributed by atoms with Gasteiger partial charge >= 0.3 is 0 Å². The number of hydrogen-bond donors (Lipinski definition) is 0. The van der Waals surface area contributed by atoms with E-state index in [4.69, 9.17) is 11.6 Å². The molecule has 0 unspecified atom stereocenters. The molecule has 1 fully saturated rings. The lowest BCUT2D eigenvalue weighted by Gasteiger charge is -2.35. The minimum atomic E-state index is 0.0447. The van der Waals surface area contributed by atoms with Crippen molar-refractivity contribution in [3.63, 3.8) is 0 Å². The van der Waals surface area contributed by atoms with Gasteiger partial charge in [0.15, 0.2) is 0 Å². The quantitative estimate of drug-likeness (QED) is 0.782. The van der Waals surface area contributed by atoms with Gasteiger partial charge < -0.3 is 9.80 Å². The van der Waals surface area contributed by atoms with E-state index in [0.29, 0.717) is 50.5 Å². The zero-order valence-corrected chi connectivity index (χ0v) is 15.6. The second kappa shape index (κ2) is 8.02. The van der Waals surface area contributed by atoms with E-state index in [2.05, 4.69) is 20.8 Å². The van der Waals surface area contributed by atoms with Crippen molar-refractivity contribution in [2.45, 2.75) is 39.0 Å². The molecule has 24 heavy (non-hydrogen) atoms. The first-order chi connectivity index (χ1) is 11.3. The van der Waals surface area contributed by atoms with Crippen LogP contribution in [-0.2, 0) is 10.2 Å². The van der Waals surface area contributed by atoms with Crippen LogP contribution in [0.4, 0.5) is 0 Å². The third-order valence-corrected chi connectivity index (χ3v) is 4.71. The van der Waals surface area contributed by atoms with Crippen LogP contribution >= 0.6 is 11.6 Å². The number of nitrogens with zero attached hydrogens (tertiary/aromatic N) is 2. The molecule has 1 aromatic carbocycles. The van der Waals surface area contributed by atoms with E-state index in [1.54, 1.807) is 0 Å². The maximum atomic E-state index is 12.6. The van der Waals surface area contributed by atoms with Gasteiger partial charge in [0.05, 0.1) is 0 Å². The number of halogens is 1. The molecule has 0 aliphatic carbocycles. The summed E-state index contributed by atoms with van der Waals surface area (Å²) in [6.07, 6.45) is 1.20. The Labute approximate surface area is 149 Å². The van der Waals surface area contributed by atoms with Gasteiger partial charge in [-0.3, -0.25) is 9.59 Å². The zero-order valence-electron chi connectivity index (χ0n) is 14.8. The molecule has 5 heteroatoms. The van der Waals surface area contributed by atoms with E-state index in [9.17, 15) is 9.59 Å². The van der Waals surface area contributed by atoms with Gasteiger partial charge in [0.1, 0.15) is 0 Å². The number of piperazine rings is 1. The van der Waals surface area contributed by atoms with Crippen molar-refractivity contribution in [3.8, 4) is 0 Å². The zero-order chi connectivity index (χ0) is 17.7.